The van der Waals surface area contributed by atoms with Crippen molar-refractivity contribution in [3.8, 4) is 11.6 Å². The van der Waals surface area contributed by atoms with Crippen LogP contribution >= 0.6 is 0 Å². The Morgan fingerprint density at radius 2 is 2.05 bits per heavy atom. The SMILES string of the molecule is O=[N+]([O-])c1ccc(Oc2ncccc2C2=NCCCN2)cc1. The lowest BCUT2D eigenvalue weighted by molar-refractivity contribution is -0.384. The molecule has 112 valence electrons. The number of nitro benzene ring substituents is 1. The van der Waals surface area contributed by atoms with Gasteiger partial charge in [-0.3, -0.25) is 15.1 Å². The van der Waals surface area contributed by atoms with Gasteiger partial charge < -0.3 is 10.1 Å². The summed E-state index contributed by atoms with van der Waals surface area (Å²) in [5.41, 5.74) is 0.799. The van der Waals surface area contributed by atoms with Crippen LogP contribution in [-0.2, 0) is 0 Å². The van der Waals surface area contributed by atoms with Crippen LogP contribution in [0.5, 0.6) is 11.6 Å². The molecule has 1 N–H and O–H groups in total. The maximum atomic E-state index is 10.7. The molecule has 7 nitrogen and oxygen atoms in total. The fraction of sp³-hybridized carbons (Fsp3) is 0.200. The minimum atomic E-state index is -0.448. The number of benzene rings is 1. The maximum absolute atomic E-state index is 10.7. The van der Waals surface area contributed by atoms with Gasteiger partial charge in [-0.25, -0.2) is 4.98 Å². The standard InChI is InChI=1S/C15H14N4O3/c20-19(21)11-4-6-12(7-5-11)22-15-13(3-1-8-18-15)14-16-9-2-10-17-14/h1,3-8H,2,9-10H2,(H,16,17). The van der Waals surface area contributed by atoms with E-state index in [0.717, 1.165) is 30.9 Å². The molecule has 2 aromatic rings. The number of aliphatic imine (C=N–C) groups is 1. The Bertz CT molecular complexity index is 713. The smallest absolute Gasteiger partial charge is 0.269 e. The highest BCUT2D eigenvalue weighted by molar-refractivity contribution is 6.01. The third-order valence-electron chi connectivity index (χ3n) is 3.19. The lowest BCUT2D eigenvalue weighted by Crippen LogP contribution is -2.30. The van der Waals surface area contributed by atoms with Crippen molar-refractivity contribution in [2.24, 2.45) is 4.99 Å². The zero-order valence-electron chi connectivity index (χ0n) is 11.7. The largest absolute Gasteiger partial charge is 0.438 e. The average Bonchev–Trinajstić information content (AvgIpc) is 2.57. The third kappa shape index (κ3) is 3.03. The van der Waals surface area contributed by atoms with Crippen LogP contribution in [0.15, 0.2) is 47.6 Å². The highest BCUT2D eigenvalue weighted by Crippen LogP contribution is 2.25. The number of nitrogens with one attached hydrogen (secondary N) is 1. The molecule has 0 unspecified atom stereocenters. The van der Waals surface area contributed by atoms with Crippen LogP contribution in [0.4, 0.5) is 5.69 Å². The number of hydrogen-bond acceptors (Lipinski definition) is 6. The molecule has 0 saturated carbocycles. The van der Waals surface area contributed by atoms with Crippen LogP contribution in [0.2, 0.25) is 0 Å². The Labute approximate surface area is 126 Å². The van der Waals surface area contributed by atoms with Gasteiger partial charge in [-0.15, -0.1) is 0 Å². The molecule has 1 aromatic heterocycles. The molecule has 7 heteroatoms. The monoisotopic (exact) mass is 298 g/mol. The first-order valence-corrected chi connectivity index (χ1v) is 6.90. The molecule has 2 heterocycles. The summed E-state index contributed by atoms with van der Waals surface area (Å²) in [6, 6.07) is 9.59. The molecule has 0 saturated heterocycles. The van der Waals surface area contributed by atoms with E-state index in [0.29, 0.717) is 11.6 Å². The van der Waals surface area contributed by atoms with Crippen LogP contribution in [0.1, 0.15) is 12.0 Å². The summed E-state index contributed by atoms with van der Waals surface area (Å²) in [6.07, 6.45) is 2.63. The third-order valence-corrected chi connectivity index (χ3v) is 3.19. The fourth-order valence-electron chi connectivity index (χ4n) is 2.11. The second-order valence-electron chi connectivity index (χ2n) is 4.72. The minimum absolute atomic E-state index is 0.0203. The second-order valence-corrected chi connectivity index (χ2v) is 4.72. The van der Waals surface area contributed by atoms with Gasteiger partial charge in [0, 0.05) is 31.4 Å². The van der Waals surface area contributed by atoms with Crippen molar-refractivity contribution in [3.05, 3.63) is 58.3 Å². The molecule has 0 atom stereocenters. The summed E-state index contributed by atoms with van der Waals surface area (Å²) in [5, 5.41) is 13.9. The number of pyridine rings is 1. The zero-order valence-corrected chi connectivity index (χ0v) is 11.7. The summed E-state index contributed by atoms with van der Waals surface area (Å²) < 4.78 is 5.74. The summed E-state index contributed by atoms with van der Waals surface area (Å²) in [6.45, 7) is 1.64. The first-order valence-electron chi connectivity index (χ1n) is 6.90. The van der Waals surface area contributed by atoms with Gasteiger partial charge in [0.1, 0.15) is 11.6 Å². The van der Waals surface area contributed by atoms with Crippen molar-refractivity contribution in [3.63, 3.8) is 0 Å². The highest BCUT2D eigenvalue weighted by atomic mass is 16.6. The molecule has 1 aliphatic heterocycles. The lowest BCUT2D eigenvalue weighted by atomic mass is 10.2. The maximum Gasteiger partial charge on any atom is 0.269 e. The van der Waals surface area contributed by atoms with E-state index >= 15 is 0 Å². The molecule has 0 radical (unpaired) electrons. The van der Waals surface area contributed by atoms with Gasteiger partial charge in [-0.1, -0.05) is 0 Å². The number of ether oxygens (including phenoxy) is 1. The minimum Gasteiger partial charge on any atom is -0.438 e. The fourth-order valence-corrected chi connectivity index (χ4v) is 2.11. The molecule has 0 spiro atoms. The molecule has 0 aliphatic carbocycles. The second kappa shape index (κ2) is 6.21. The first-order chi connectivity index (χ1) is 10.7. The van der Waals surface area contributed by atoms with Crippen LogP contribution in [0.25, 0.3) is 0 Å². The highest BCUT2D eigenvalue weighted by Gasteiger charge is 2.14. The van der Waals surface area contributed by atoms with Gasteiger partial charge in [0.25, 0.3) is 5.69 Å². The quantitative estimate of drug-likeness (QED) is 0.692. The molecule has 0 fully saturated rings. The first kappa shape index (κ1) is 14.0. The van der Waals surface area contributed by atoms with Crippen LogP contribution in [-0.4, -0.2) is 28.8 Å². The van der Waals surface area contributed by atoms with Gasteiger partial charge in [0.2, 0.25) is 5.88 Å². The Balaban J connectivity index is 1.86. The number of nitrogens with zero attached hydrogens (tertiary/aromatic N) is 3. The summed E-state index contributed by atoms with van der Waals surface area (Å²) in [4.78, 5) is 18.9. The normalized spacial score (nSPS) is 13.9. The van der Waals surface area contributed by atoms with Gasteiger partial charge in [-0.2, -0.15) is 0 Å². The van der Waals surface area contributed by atoms with Gasteiger partial charge in [-0.05, 0) is 30.7 Å². The zero-order chi connectivity index (χ0) is 15.4. The molecular weight excluding hydrogens is 284 g/mol. The summed E-state index contributed by atoms with van der Waals surface area (Å²) >= 11 is 0. The number of nitro groups is 1. The number of aromatic nitrogens is 1. The molecule has 1 aliphatic rings. The van der Waals surface area contributed by atoms with E-state index in [1.807, 2.05) is 12.1 Å². The van der Waals surface area contributed by atoms with Crippen molar-refractivity contribution in [2.45, 2.75) is 6.42 Å². The predicted octanol–water partition coefficient (Wildman–Crippen LogP) is 2.52. The van der Waals surface area contributed by atoms with Crippen molar-refractivity contribution in [1.29, 1.82) is 0 Å². The van der Waals surface area contributed by atoms with Gasteiger partial charge in [0.05, 0.1) is 10.5 Å². The molecule has 0 amide bonds. The lowest BCUT2D eigenvalue weighted by Gasteiger charge is -2.16. The van der Waals surface area contributed by atoms with E-state index in [9.17, 15) is 10.1 Å². The van der Waals surface area contributed by atoms with Crippen LogP contribution < -0.4 is 10.1 Å². The molecule has 22 heavy (non-hydrogen) atoms. The Hall–Kier alpha value is -2.96. The molecule has 0 bridgehead atoms. The van der Waals surface area contributed by atoms with Crippen molar-refractivity contribution >= 4 is 11.5 Å². The van der Waals surface area contributed by atoms with E-state index in [1.54, 1.807) is 18.3 Å². The Morgan fingerprint density at radius 3 is 2.73 bits per heavy atom. The van der Waals surface area contributed by atoms with E-state index < -0.39 is 4.92 Å². The number of non-ortho nitro benzene ring substituents is 1. The van der Waals surface area contributed by atoms with Crippen LogP contribution in [0.3, 0.4) is 0 Å². The summed E-state index contributed by atoms with van der Waals surface area (Å²) in [7, 11) is 0. The van der Waals surface area contributed by atoms with E-state index in [-0.39, 0.29) is 5.69 Å². The Kier molecular flexibility index (Phi) is 3.95. The summed E-state index contributed by atoms with van der Waals surface area (Å²) in [5.74, 6) is 1.67. The number of amidine groups is 1. The number of rotatable bonds is 4. The van der Waals surface area contributed by atoms with Gasteiger partial charge in [0.15, 0.2) is 0 Å². The predicted molar refractivity (Wildman–Crippen MR) is 81.4 cm³/mol. The molecule has 1 aromatic carbocycles. The van der Waals surface area contributed by atoms with Crippen molar-refractivity contribution in [2.75, 3.05) is 13.1 Å². The topological polar surface area (TPSA) is 89.7 Å². The van der Waals surface area contributed by atoms with Crippen molar-refractivity contribution < 1.29 is 9.66 Å². The van der Waals surface area contributed by atoms with Crippen molar-refractivity contribution in [1.82, 2.24) is 10.3 Å². The molecular formula is C15H14N4O3. The van der Waals surface area contributed by atoms with E-state index in [4.69, 9.17) is 4.74 Å². The van der Waals surface area contributed by atoms with Gasteiger partial charge >= 0.3 is 0 Å². The van der Waals surface area contributed by atoms with E-state index in [1.165, 1.54) is 12.1 Å². The average molecular weight is 298 g/mol. The van der Waals surface area contributed by atoms with E-state index in [2.05, 4.69) is 15.3 Å². The Morgan fingerprint density at radius 1 is 1.23 bits per heavy atom. The van der Waals surface area contributed by atoms with Crippen LogP contribution in [0, 0.1) is 10.1 Å². The molecule has 3 rings (SSSR count). The number of hydrogen-bond donors (Lipinski definition) is 1.